The quantitative estimate of drug-likeness (QED) is 0.736. The smallest absolute Gasteiger partial charge is 0.251 e. The molecule has 7 nitrogen and oxygen atoms in total. The summed E-state index contributed by atoms with van der Waals surface area (Å²) in [5, 5.41) is 6.78. The van der Waals surface area contributed by atoms with Gasteiger partial charge in [-0.25, -0.2) is 0 Å². The van der Waals surface area contributed by atoms with Gasteiger partial charge in [0.1, 0.15) is 5.76 Å². The Morgan fingerprint density at radius 1 is 1.04 bits per heavy atom. The Balaban J connectivity index is 2.27. The topological polar surface area (TPSA) is 82.8 Å². The molecule has 1 N–H and O–H groups in total. The van der Waals surface area contributed by atoms with Crippen LogP contribution in [-0.4, -0.2) is 30.9 Å². The van der Waals surface area contributed by atoms with Gasteiger partial charge in [-0.05, 0) is 46.8 Å². The Kier molecular flexibility index (Phi) is 6.89. The van der Waals surface area contributed by atoms with Crippen molar-refractivity contribution in [3.8, 4) is 17.2 Å². The van der Waals surface area contributed by atoms with E-state index < -0.39 is 0 Å². The molecule has 0 aliphatic rings. The number of nitrogens with zero attached hydrogens (tertiary/aromatic N) is 1. The van der Waals surface area contributed by atoms with E-state index in [1.807, 2.05) is 34.6 Å². The van der Waals surface area contributed by atoms with Crippen molar-refractivity contribution in [1.82, 2.24) is 10.5 Å². The van der Waals surface area contributed by atoms with E-state index >= 15 is 0 Å². The minimum absolute atomic E-state index is 0.241. The molecule has 1 heterocycles. The van der Waals surface area contributed by atoms with Crippen molar-refractivity contribution in [2.24, 2.45) is 0 Å². The molecule has 0 saturated heterocycles. The van der Waals surface area contributed by atoms with Gasteiger partial charge in [0.2, 0.25) is 5.75 Å². The van der Waals surface area contributed by atoms with Gasteiger partial charge in [-0.15, -0.1) is 0 Å². The third kappa shape index (κ3) is 4.47. The summed E-state index contributed by atoms with van der Waals surface area (Å²) >= 11 is 0. The van der Waals surface area contributed by atoms with E-state index in [-0.39, 0.29) is 5.91 Å². The average Bonchev–Trinajstić information content (AvgIpc) is 2.94. The standard InChI is InChI=1S/C19H26N2O5/c1-6-23-16-9-14(10-17(24-7-2)18(16)25-8-3)19(22)20-11-15-12(4)21-26-13(15)5/h9-10H,6-8,11H2,1-5H3,(H,20,22). The van der Waals surface area contributed by atoms with Crippen molar-refractivity contribution >= 4 is 5.91 Å². The third-order valence-electron chi connectivity index (χ3n) is 3.78. The Bertz CT molecular complexity index is 708. The Morgan fingerprint density at radius 3 is 2.08 bits per heavy atom. The molecule has 1 aromatic heterocycles. The number of rotatable bonds is 9. The van der Waals surface area contributed by atoms with E-state index in [9.17, 15) is 4.79 Å². The fourth-order valence-electron chi connectivity index (χ4n) is 2.54. The van der Waals surface area contributed by atoms with Crippen molar-refractivity contribution in [1.29, 1.82) is 0 Å². The minimum atomic E-state index is -0.241. The first-order valence-corrected chi connectivity index (χ1v) is 8.78. The largest absolute Gasteiger partial charge is 0.490 e. The summed E-state index contributed by atoms with van der Waals surface area (Å²) in [5.74, 6) is 1.94. The van der Waals surface area contributed by atoms with E-state index in [0.29, 0.717) is 54.9 Å². The lowest BCUT2D eigenvalue weighted by Crippen LogP contribution is -2.23. The molecule has 0 unspecified atom stereocenters. The molecule has 0 bridgehead atoms. The van der Waals surface area contributed by atoms with Gasteiger partial charge < -0.3 is 24.1 Å². The van der Waals surface area contributed by atoms with Crippen molar-refractivity contribution in [2.75, 3.05) is 19.8 Å². The van der Waals surface area contributed by atoms with E-state index in [2.05, 4.69) is 10.5 Å². The predicted molar refractivity (Wildman–Crippen MR) is 97.1 cm³/mol. The van der Waals surface area contributed by atoms with Crippen LogP contribution < -0.4 is 19.5 Å². The summed E-state index contributed by atoms with van der Waals surface area (Å²) in [6, 6.07) is 3.33. The van der Waals surface area contributed by atoms with E-state index in [0.717, 1.165) is 11.3 Å². The zero-order chi connectivity index (χ0) is 19.1. The summed E-state index contributed by atoms with van der Waals surface area (Å²) in [4.78, 5) is 12.6. The molecule has 2 rings (SSSR count). The van der Waals surface area contributed by atoms with Gasteiger partial charge in [0, 0.05) is 17.7 Å². The highest BCUT2D eigenvalue weighted by atomic mass is 16.5. The van der Waals surface area contributed by atoms with E-state index in [4.69, 9.17) is 18.7 Å². The first-order valence-electron chi connectivity index (χ1n) is 8.78. The van der Waals surface area contributed by atoms with Crippen LogP contribution in [0, 0.1) is 13.8 Å². The molecule has 1 aromatic carbocycles. The van der Waals surface area contributed by atoms with Gasteiger partial charge in [-0.3, -0.25) is 4.79 Å². The number of aryl methyl sites for hydroxylation is 2. The number of carbonyl (C=O) groups is 1. The molecule has 0 aliphatic heterocycles. The van der Waals surface area contributed by atoms with Crippen LogP contribution in [-0.2, 0) is 6.54 Å². The molecule has 142 valence electrons. The number of hydrogen-bond acceptors (Lipinski definition) is 6. The molecular weight excluding hydrogens is 336 g/mol. The lowest BCUT2D eigenvalue weighted by molar-refractivity contribution is 0.0949. The second kappa shape index (κ2) is 9.12. The third-order valence-corrected chi connectivity index (χ3v) is 3.78. The van der Waals surface area contributed by atoms with Gasteiger partial charge in [-0.2, -0.15) is 0 Å². The molecule has 26 heavy (non-hydrogen) atoms. The normalized spacial score (nSPS) is 10.5. The van der Waals surface area contributed by atoms with Crippen LogP contribution >= 0.6 is 0 Å². The number of amides is 1. The summed E-state index contributed by atoms with van der Waals surface area (Å²) in [5.41, 5.74) is 2.07. The van der Waals surface area contributed by atoms with E-state index in [1.165, 1.54) is 0 Å². The monoisotopic (exact) mass is 362 g/mol. The predicted octanol–water partition coefficient (Wildman–Crippen LogP) is 3.42. The number of benzene rings is 1. The van der Waals surface area contributed by atoms with Gasteiger partial charge >= 0.3 is 0 Å². The molecule has 0 fully saturated rings. The lowest BCUT2D eigenvalue weighted by atomic mass is 10.1. The fourth-order valence-corrected chi connectivity index (χ4v) is 2.54. The number of ether oxygens (including phenoxy) is 3. The minimum Gasteiger partial charge on any atom is -0.490 e. The summed E-state index contributed by atoms with van der Waals surface area (Å²) in [6.07, 6.45) is 0. The van der Waals surface area contributed by atoms with Crippen molar-refractivity contribution < 1.29 is 23.5 Å². The van der Waals surface area contributed by atoms with Crippen LogP contribution in [0.5, 0.6) is 17.2 Å². The Morgan fingerprint density at radius 2 is 1.62 bits per heavy atom. The summed E-state index contributed by atoms with van der Waals surface area (Å²) in [6.45, 7) is 11.0. The molecule has 0 spiro atoms. The Hall–Kier alpha value is -2.70. The maximum absolute atomic E-state index is 12.6. The van der Waals surface area contributed by atoms with Gasteiger partial charge in [-0.1, -0.05) is 5.16 Å². The first kappa shape index (κ1) is 19.6. The first-order chi connectivity index (χ1) is 12.5. The van der Waals surface area contributed by atoms with Gasteiger partial charge in [0.05, 0.1) is 25.5 Å². The number of aromatic nitrogens is 1. The van der Waals surface area contributed by atoms with Crippen LogP contribution in [0.1, 0.15) is 48.1 Å². The number of nitrogens with one attached hydrogen (secondary N) is 1. The van der Waals surface area contributed by atoms with Crippen LogP contribution in [0.2, 0.25) is 0 Å². The van der Waals surface area contributed by atoms with Crippen molar-refractivity contribution in [3.63, 3.8) is 0 Å². The molecule has 0 aliphatic carbocycles. The van der Waals surface area contributed by atoms with Crippen LogP contribution in [0.15, 0.2) is 16.7 Å². The molecule has 2 aromatic rings. The maximum Gasteiger partial charge on any atom is 0.251 e. The van der Waals surface area contributed by atoms with Gasteiger partial charge in [0.15, 0.2) is 11.5 Å². The van der Waals surface area contributed by atoms with Gasteiger partial charge in [0.25, 0.3) is 5.91 Å². The average molecular weight is 362 g/mol. The zero-order valence-corrected chi connectivity index (χ0v) is 16.0. The van der Waals surface area contributed by atoms with Crippen LogP contribution in [0.4, 0.5) is 0 Å². The molecule has 0 saturated carbocycles. The highest BCUT2D eigenvalue weighted by Gasteiger charge is 2.19. The second-order valence-electron chi connectivity index (χ2n) is 5.59. The van der Waals surface area contributed by atoms with Crippen LogP contribution in [0.3, 0.4) is 0 Å². The maximum atomic E-state index is 12.6. The number of hydrogen-bond donors (Lipinski definition) is 1. The highest BCUT2D eigenvalue weighted by molar-refractivity contribution is 5.95. The molecular formula is C19H26N2O5. The van der Waals surface area contributed by atoms with Crippen LogP contribution in [0.25, 0.3) is 0 Å². The number of carbonyl (C=O) groups excluding carboxylic acids is 1. The van der Waals surface area contributed by atoms with Crippen molar-refractivity contribution in [3.05, 3.63) is 34.7 Å². The second-order valence-corrected chi connectivity index (χ2v) is 5.59. The SMILES string of the molecule is CCOc1cc(C(=O)NCc2c(C)noc2C)cc(OCC)c1OCC. The zero-order valence-electron chi connectivity index (χ0n) is 16.0. The van der Waals surface area contributed by atoms with E-state index in [1.54, 1.807) is 12.1 Å². The molecule has 0 atom stereocenters. The Labute approximate surface area is 153 Å². The summed E-state index contributed by atoms with van der Waals surface area (Å²) in [7, 11) is 0. The summed E-state index contributed by atoms with van der Waals surface area (Å²) < 4.78 is 22.1. The molecule has 1 amide bonds. The molecule has 0 radical (unpaired) electrons. The fraction of sp³-hybridized carbons (Fsp3) is 0.474. The molecule has 7 heteroatoms. The lowest BCUT2D eigenvalue weighted by Gasteiger charge is -2.17. The van der Waals surface area contributed by atoms with Crippen molar-refractivity contribution in [2.45, 2.75) is 41.2 Å². The highest BCUT2D eigenvalue weighted by Crippen LogP contribution is 2.39.